The van der Waals surface area contributed by atoms with Gasteiger partial charge in [-0.1, -0.05) is 23.9 Å². The number of hydrogen-bond donors (Lipinski definition) is 1. The van der Waals surface area contributed by atoms with Gasteiger partial charge in [-0.2, -0.15) is 0 Å². The van der Waals surface area contributed by atoms with Crippen molar-refractivity contribution in [3.63, 3.8) is 0 Å². The lowest BCUT2D eigenvalue weighted by Crippen LogP contribution is -2.23. The molecule has 0 fully saturated rings. The van der Waals surface area contributed by atoms with Gasteiger partial charge in [0.25, 0.3) is 5.56 Å². The van der Waals surface area contributed by atoms with Crippen molar-refractivity contribution in [2.45, 2.75) is 19.0 Å². The first-order valence-corrected chi connectivity index (χ1v) is 11.2. The molecule has 31 heavy (non-hydrogen) atoms. The number of aryl methyl sites for hydroxylation is 1. The van der Waals surface area contributed by atoms with Gasteiger partial charge in [0.1, 0.15) is 16.3 Å². The minimum absolute atomic E-state index is 0.107. The van der Waals surface area contributed by atoms with E-state index in [0.717, 1.165) is 35.0 Å². The maximum absolute atomic E-state index is 13.8. The maximum Gasteiger partial charge on any atom is 0.276 e. The molecule has 9 heteroatoms. The number of hydrogen-bond acceptors (Lipinski definition) is 5. The zero-order valence-corrected chi connectivity index (χ0v) is 18.2. The van der Waals surface area contributed by atoms with Gasteiger partial charge in [-0.25, -0.2) is 13.8 Å². The van der Waals surface area contributed by atoms with Crippen molar-refractivity contribution < 1.29 is 13.6 Å². The molecule has 4 aromatic rings. The fraction of sp³-hybridized carbons (Fsp3) is 0.136. The molecule has 158 valence electrons. The van der Waals surface area contributed by atoms with Crippen LogP contribution in [0.2, 0.25) is 0 Å². The van der Waals surface area contributed by atoms with Gasteiger partial charge in [-0.3, -0.25) is 14.2 Å². The lowest BCUT2D eigenvalue weighted by atomic mass is 10.1. The second kappa shape index (κ2) is 8.60. The summed E-state index contributed by atoms with van der Waals surface area (Å²) >= 11 is 2.39. The Morgan fingerprint density at radius 1 is 1.19 bits per heavy atom. The second-order valence-corrected chi connectivity index (χ2v) is 8.71. The number of carbonyl (C=O) groups is 1. The quantitative estimate of drug-likeness (QED) is 0.336. The van der Waals surface area contributed by atoms with Crippen molar-refractivity contribution in [3.8, 4) is 5.69 Å². The van der Waals surface area contributed by atoms with Crippen molar-refractivity contribution in [1.29, 1.82) is 0 Å². The van der Waals surface area contributed by atoms with E-state index in [1.54, 1.807) is 11.4 Å². The average Bonchev–Trinajstić information content (AvgIpc) is 3.20. The normalized spacial score (nSPS) is 11.1. The SMILES string of the molecule is Cc1cccc(-n2c(SCC(=O)Nc3ccc(F)cc3F)nc3ccsc3c2=O)c1C. The van der Waals surface area contributed by atoms with Gasteiger partial charge in [0, 0.05) is 6.07 Å². The van der Waals surface area contributed by atoms with Gasteiger partial charge in [0.2, 0.25) is 5.91 Å². The summed E-state index contributed by atoms with van der Waals surface area (Å²) in [5.41, 5.74) is 2.89. The molecule has 0 saturated carbocycles. The van der Waals surface area contributed by atoms with Gasteiger partial charge in [0.15, 0.2) is 5.16 Å². The number of carbonyl (C=O) groups excluding carboxylic acids is 1. The predicted octanol–water partition coefficient (Wildman–Crippen LogP) is 5.07. The summed E-state index contributed by atoms with van der Waals surface area (Å²) in [6.45, 7) is 3.88. The predicted molar refractivity (Wildman–Crippen MR) is 120 cm³/mol. The molecule has 0 aliphatic rings. The summed E-state index contributed by atoms with van der Waals surface area (Å²) in [6, 6.07) is 10.3. The lowest BCUT2D eigenvalue weighted by Gasteiger charge is -2.15. The Kier molecular flexibility index (Phi) is 5.88. The van der Waals surface area contributed by atoms with Crippen LogP contribution in [0.25, 0.3) is 15.9 Å². The second-order valence-electron chi connectivity index (χ2n) is 6.85. The third-order valence-corrected chi connectivity index (χ3v) is 6.63. The van der Waals surface area contributed by atoms with Gasteiger partial charge in [0.05, 0.1) is 22.6 Å². The first-order valence-electron chi connectivity index (χ1n) is 9.29. The number of fused-ring (bicyclic) bond motifs is 1. The van der Waals surface area contributed by atoms with E-state index in [2.05, 4.69) is 10.3 Å². The third kappa shape index (κ3) is 4.24. The molecule has 0 aliphatic carbocycles. The van der Waals surface area contributed by atoms with Gasteiger partial charge in [-0.15, -0.1) is 11.3 Å². The molecule has 0 aliphatic heterocycles. The standard InChI is InChI=1S/C22H17F2N3O2S2/c1-12-4-3-5-18(13(12)2)27-21(29)20-17(8-9-30-20)26-22(27)31-11-19(28)25-16-7-6-14(23)10-15(16)24/h3-10H,11H2,1-2H3,(H,25,28). The lowest BCUT2D eigenvalue weighted by molar-refractivity contribution is -0.113. The topological polar surface area (TPSA) is 64.0 Å². The van der Waals surface area contributed by atoms with Crippen molar-refractivity contribution in [2.24, 2.45) is 0 Å². The summed E-state index contributed by atoms with van der Waals surface area (Å²) in [4.78, 5) is 30.2. The van der Waals surface area contributed by atoms with E-state index >= 15 is 0 Å². The molecule has 2 aromatic heterocycles. The molecule has 2 aromatic carbocycles. The minimum Gasteiger partial charge on any atom is -0.323 e. The number of thioether (sulfide) groups is 1. The van der Waals surface area contributed by atoms with Crippen LogP contribution in [-0.2, 0) is 4.79 Å². The van der Waals surface area contributed by atoms with Crippen LogP contribution in [0, 0.1) is 25.5 Å². The Morgan fingerprint density at radius 2 is 2.00 bits per heavy atom. The van der Waals surface area contributed by atoms with E-state index in [-0.39, 0.29) is 17.0 Å². The highest BCUT2D eigenvalue weighted by Gasteiger charge is 2.18. The Morgan fingerprint density at radius 3 is 2.77 bits per heavy atom. The highest BCUT2D eigenvalue weighted by molar-refractivity contribution is 7.99. The highest BCUT2D eigenvalue weighted by atomic mass is 32.2. The number of thiophene rings is 1. The van der Waals surface area contributed by atoms with Crippen molar-refractivity contribution in [3.05, 3.63) is 81.0 Å². The summed E-state index contributed by atoms with van der Waals surface area (Å²) in [6.07, 6.45) is 0. The van der Waals surface area contributed by atoms with Crippen LogP contribution in [-0.4, -0.2) is 21.2 Å². The van der Waals surface area contributed by atoms with Gasteiger partial charge < -0.3 is 5.32 Å². The molecule has 5 nitrogen and oxygen atoms in total. The molecule has 0 radical (unpaired) electrons. The number of nitrogens with zero attached hydrogens (tertiary/aromatic N) is 2. The first kappa shape index (κ1) is 21.2. The van der Waals surface area contributed by atoms with Crippen molar-refractivity contribution in [1.82, 2.24) is 9.55 Å². The monoisotopic (exact) mass is 457 g/mol. The third-order valence-electron chi connectivity index (χ3n) is 4.80. The minimum atomic E-state index is -0.858. The summed E-state index contributed by atoms with van der Waals surface area (Å²) in [7, 11) is 0. The molecule has 4 rings (SSSR count). The van der Waals surface area contributed by atoms with Crippen LogP contribution in [0.1, 0.15) is 11.1 Å². The van der Waals surface area contributed by atoms with Gasteiger partial charge in [-0.05, 0) is 54.6 Å². The van der Waals surface area contributed by atoms with Crippen LogP contribution >= 0.6 is 23.1 Å². The van der Waals surface area contributed by atoms with E-state index in [0.29, 0.717) is 27.1 Å². The van der Waals surface area contributed by atoms with Crippen LogP contribution in [0.5, 0.6) is 0 Å². The Balaban J connectivity index is 1.68. The highest BCUT2D eigenvalue weighted by Crippen LogP contribution is 2.26. The number of amides is 1. The summed E-state index contributed by atoms with van der Waals surface area (Å²) < 4.78 is 28.9. The van der Waals surface area contributed by atoms with E-state index in [1.807, 2.05) is 32.0 Å². The van der Waals surface area contributed by atoms with E-state index in [9.17, 15) is 18.4 Å². The Bertz CT molecular complexity index is 1360. The molecule has 0 spiro atoms. The zero-order valence-electron chi connectivity index (χ0n) is 16.6. The molecule has 0 atom stereocenters. The number of benzene rings is 2. The van der Waals surface area contributed by atoms with E-state index in [4.69, 9.17) is 0 Å². The Labute approximate surface area is 184 Å². The first-order chi connectivity index (χ1) is 14.8. The summed E-state index contributed by atoms with van der Waals surface area (Å²) in [5, 5.41) is 4.58. The number of halogens is 2. The number of anilines is 1. The zero-order chi connectivity index (χ0) is 22.1. The van der Waals surface area contributed by atoms with Crippen LogP contribution in [0.4, 0.5) is 14.5 Å². The average molecular weight is 458 g/mol. The number of nitrogens with one attached hydrogen (secondary N) is 1. The van der Waals surface area contributed by atoms with Crippen molar-refractivity contribution >= 4 is 44.9 Å². The fourth-order valence-corrected chi connectivity index (χ4v) is 4.65. The number of rotatable bonds is 5. The molecule has 2 heterocycles. The molecule has 1 N–H and O–H groups in total. The van der Waals surface area contributed by atoms with Crippen LogP contribution in [0.3, 0.4) is 0 Å². The maximum atomic E-state index is 13.8. The Hall–Kier alpha value is -3.04. The van der Waals surface area contributed by atoms with Crippen LogP contribution < -0.4 is 10.9 Å². The van der Waals surface area contributed by atoms with E-state index < -0.39 is 17.5 Å². The van der Waals surface area contributed by atoms with Crippen molar-refractivity contribution in [2.75, 3.05) is 11.1 Å². The van der Waals surface area contributed by atoms with E-state index in [1.165, 1.54) is 15.9 Å². The molecular formula is C22H17F2N3O2S2. The molecule has 0 bridgehead atoms. The molecular weight excluding hydrogens is 440 g/mol. The molecule has 0 unspecified atom stereocenters. The smallest absolute Gasteiger partial charge is 0.276 e. The molecule has 1 amide bonds. The number of aromatic nitrogens is 2. The van der Waals surface area contributed by atoms with Gasteiger partial charge >= 0.3 is 0 Å². The largest absolute Gasteiger partial charge is 0.323 e. The fourth-order valence-electron chi connectivity index (χ4n) is 3.09. The summed E-state index contributed by atoms with van der Waals surface area (Å²) in [5.74, 6) is -2.19. The van der Waals surface area contributed by atoms with Crippen LogP contribution in [0.15, 0.2) is 57.8 Å². The molecule has 0 saturated heterocycles.